The zero-order valence-corrected chi connectivity index (χ0v) is 21.4. The molecule has 0 amide bonds. The SMILES string of the molecule is CCCCCCCCC(CCCCCC)C(=O)OCC(C)OC(=O)C(C)CCN(C)C. The van der Waals surface area contributed by atoms with E-state index in [2.05, 4.69) is 18.7 Å². The van der Waals surface area contributed by atoms with Crippen LogP contribution in [0.2, 0.25) is 0 Å². The fraction of sp³-hybridized carbons (Fsp3) is 0.923. The van der Waals surface area contributed by atoms with Crippen molar-refractivity contribution in [3.05, 3.63) is 0 Å². The van der Waals surface area contributed by atoms with Gasteiger partial charge in [-0.25, -0.2) is 0 Å². The van der Waals surface area contributed by atoms with Crippen LogP contribution in [0.15, 0.2) is 0 Å². The van der Waals surface area contributed by atoms with E-state index in [4.69, 9.17) is 9.47 Å². The summed E-state index contributed by atoms with van der Waals surface area (Å²) in [6, 6.07) is 0. The van der Waals surface area contributed by atoms with Crippen LogP contribution in [-0.4, -0.2) is 50.2 Å². The number of nitrogens with zero attached hydrogens (tertiary/aromatic N) is 1. The van der Waals surface area contributed by atoms with Crippen LogP contribution in [0, 0.1) is 11.8 Å². The van der Waals surface area contributed by atoms with Crippen LogP contribution >= 0.6 is 0 Å². The molecule has 0 aromatic rings. The molecule has 0 bridgehead atoms. The third-order valence-corrected chi connectivity index (χ3v) is 5.83. The van der Waals surface area contributed by atoms with Crippen molar-refractivity contribution in [1.82, 2.24) is 4.90 Å². The van der Waals surface area contributed by atoms with Gasteiger partial charge in [0.1, 0.15) is 12.7 Å². The number of esters is 2. The molecule has 5 nitrogen and oxygen atoms in total. The minimum Gasteiger partial charge on any atom is -0.462 e. The summed E-state index contributed by atoms with van der Waals surface area (Å²) in [6.07, 6.45) is 14.2. The van der Waals surface area contributed by atoms with Crippen molar-refractivity contribution in [3.63, 3.8) is 0 Å². The average molecular weight is 442 g/mol. The molecule has 0 radical (unpaired) electrons. The lowest BCUT2D eigenvalue weighted by Gasteiger charge is -2.20. The minimum atomic E-state index is -0.409. The van der Waals surface area contributed by atoms with E-state index >= 15 is 0 Å². The first-order valence-electron chi connectivity index (χ1n) is 12.8. The molecule has 0 aromatic heterocycles. The summed E-state index contributed by atoms with van der Waals surface area (Å²) < 4.78 is 11.1. The highest BCUT2D eigenvalue weighted by atomic mass is 16.6. The van der Waals surface area contributed by atoms with E-state index in [-0.39, 0.29) is 30.4 Å². The molecule has 0 spiro atoms. The Morgan fingerprint density at radius 1 is 0.742 bits per heavy atom. The maximum Gasteiger partial charge on any atom is 0.309 e. The smallest absolute Gasteiger partial charge is 0.309 e. The van der Waals surface area contributed by atoms with Crippen molar-refractivity contribution in [2.24, 2.45) is 11.8 Å². The van der Waals surface area contributed by atoms with Gasteiger partial charge in [0.2, 0.25) is 0 Å². The molecule has 3 unspecified atom stereocenters. The largest absolute Gasteiger partial charge is 0.462 e. The van der Waals surface area contributed by atoms with Crippen molar-refractivity contribution in [1.29, 1.82) is 0 Å². The van der Waals surface area contributed by atoms with Crippen LogP contribution in [0.3, 0.4) is 0 Å². The van der Waals surface area contributed by atoms with Gasteiger partial charge in [0.25, 0.3) is 0 Å². The van der Waals surface area contributed by atoms with E-state index in [1.54, 1.807) is 6.92 Å². The van der Waals surface area contributed by atoms with Gasteiger partial charge in [-0.3, -0.25) is 9.59 Å². The van der Waals surface area contributed by atoms with E-state index in [9.17, 15) is 9.59 Å². The second kappa shape index (κ2) is 19.6. The fourth-order valence-electron chi connectivity index (χ4n) is 3.60. The van der Waals surface area contributed by atoms with Crippen molar-refractivity contribution in [3.8, 4) is 0 Å². The van der Waals surface area contributed by atoms with Crippen molar-refractivity contribution in [2.75, 3.05) is 27.2 Å². The van der Waals surface area contributed by atoms with E-state index in [0.29, 0.717) is 0 Å². The lowest BCUT2D eigenvalue weighted by molar-refractivity contribution is -0.163. The standard InChI is InChI=1S/C26H51NO4/c1-7-9-11-13-14-16-18-24(17-15-12-10-8-2)26(29)30-21-23(4)31-25(28)22(3)19-20-27(5)6/h22-24H,7-21H2,1-6H3. The number of rotatable bonds is 20. The molecule has 0 N–H and O–H groups in total. The van der Waals surface area contributed by atoms with Crippen LogP contribution in [0.5, 0.6) is 0 Å². The maximum absolute atomic E-state index is 12.7. The molecule has 0 fully saturated rings. The van der Waals surface area contributed by atoms with Gasteiger partial charge in [0, 0.05) is 0 Å². The number of carbonyl (C=O) groups is 2. The summed E-state index contributed by atoms with van der Waals surface area (Å²) in [5.74, 6) is -0.508. The summed E-state index contributed by atoms with van der Waals surface area (Å²) in [6.45, 7) is 9.10. The predicted octanol–water partition coefficient (Wildman–Crippen LogP) is 6.39. The molecule has 0 heterocycles. The van der Waals surface area contributed by atoms with Crippen LogP contribution in [-0.2, 0) is 19.1 Å². The Balaban J connectivity index is 4.38. The Bertz CT molecular complexity index is 453. The van der Waals surface area contributed by atoms with Crippen molar-refractivity contribution in [2.45, 2.75) is 117 Å². The molecular weight excluding hydrogens is 390 g/mol. The quantitative estimate of drug-likeness (QED) is 0.162. The minimum absolute atomic E-state index is 0.0232. The number of carbonyl (C=O) groups excluding carboxylic acids is 2. The third kappa shape index (κ3) is 17.2. The molecule has 31 heavy (non-hydrogen) atoms. The highest BCUT2D eigenvalue weighted by Gasteiger charge is 2.22. The number of ether oxygens (including phenoxy) is 2. The zero-order valence-electron chi connectivity index (χ0n) is 21.4. The second-order valence-electron chi connectivity index (χ2n) is 9.47. The first kappa shape index (κ1) is 29.9. The Morgan fingerprint density at radius 3 is 1.81 bits per heavy atom. The normalized spacial score (nSPS) is 14.3. The highest BCUT2D eigenvalue weighted by molar-refractivity contribution is 5.73. The zero-order chi connectivity index (χ0) is 23.5. The fourth-order valence-corrected chi connectivity index (χ4v) is 3.60. The van der Waals surface area contributed by atoms with Crippen LogP contribution in [0.25, 0.3) is 0 Å². The Labute approximate surface area is 192 Å². The number of hydrogen-bond donors (Lipinski definition) is 0. The van der Waals surface area contributed by atoms with E-state index in [1.807, 2.05) is 21.0 Å². The molecule has 184 valence electrons. The van der Waals surface area contributed by atoms with Crippen LogP contribution in [0.1, 0.15) is 111 Å². The Kier molecular flexibility index (Phi) is 18.9. The lowest BCUT2D eigenvalue weighted by atomic mass is 9.94. The van der Waals surface area contributed by atoms with E-state index < -0.39 is 6.10 Å². The summed E-state index contributed by atoms with van der Waals surface area (Å²) >= 11 is 0. The van der Waals surface area contributed by atoms with Gasteiger partial charge in [0.05, 0.1) is 11.8 Å². The maximum atomic E-state index is 12.7. The van der Waals surface area contributed by atoms with Crippen LogP contribution in [0.4, 0.5) is 0 Å². The summed E-state index contributed by atoms with van der Waals surface area (Å²) in [4.78, 5) is 27.0. The van der Waals surface area contributed by atoms with Gasteiger partial charge in [0.15, 0.2) is 0 Å². The van der Waals surface area contributed by atoms with Gasteiger partial charge in [-0.2, -0.15) is 0 Å². The van der Waals surface area contributed by atoms with E-state index in [1.165, 1.54) is 51.4 Å². The molecule has 0 aliphatic rings. The first-order valence-corrected chi connectivity index (χ1v) is 12.8. The summed E-state index contributed by atoms with van der Waals surface area (Å²) in [5.41, 5.74) is 0. The molecule has 0 rings (SSSR count). The van der Waals surface area contributed by atoms with Crippen molar-refractivity contribution < 1.29 is 19.1 Å². The number of unbranched alkanes of at least 4 members (excludes halogenated alkanes) is 8. The molecule has 0 aliphatic carbocycles. The molecule has 3 atom stereocenters. The topological polar surface area (TPSA) is 55.8 Å². The Hall–Kier alpha value is -1.10. The molecule has 0 saturated heterocycles. The van der Waals surface area contributed by atoms with Crippen LogP contribution < -0.4 is 0 Å². The summed E-state index contributed by atoms with van der Waals surface area (Å²) in [7, 11) is 3.98. The van der Waals surface area contributed by atoms with Gasteiger partial charge < -0.3 is 14.4 Å². The summed E-state index contributed by atoms with van der Waals surface area (Å²) in [5, 5.41) is 0. The second-order valence-corrected chi connectivity index (χ2v) is 9.47. The number of hydrogen-bond acceptors (Lipinski definition) is 5. The third-order valence-electron chi connectivity index (χ3n) is 5.83. The molecular formula is C26H51NO4. The monoisotopic (exact) mass is 441 g/mol. The first-order chi connectivity index (χ1) is 14.8. The van der Waals surface area contributed by atoms with Gasteiger partial charge in [-0.05, 0) is 46.8 Å². The average Bonchev–Trinajstić information content (AvgIpc) is 2.73. The van der Waals surface area contributed by atoms with Gasteiger partial charge >= 0.3 is 11.9 Å². The lowest BCUT2D eigenvalue weighted by Crippen LogP contribution is -2.28. The van der Waals surface area contributed by atoms with Gasteiger partial charge in [-0.15, -0.1) is 0 Å². The highest BCUT2D eigenvalue weighted by Crippen LogP contribution is 2.20. The predicted molar refractivity (Wildman–Crippen MR) is 129 cm³/mol. The van der Waals surface area contributed by atoms with Crippen molar-refractivity contribution >= 4 is 11.9 Å². The molecule has 0 aliphatic heterocycles. The molecule has 5 heteroatoms. The molecule has 0 saturated carbocycles. The molecule has 0 aromatic carbocycles. The van der Waals surface area contributed by atoms with E-state index in [0.717, 1.165) is 38.6 Å². The van der Waals surface area contributed by atoms with Gasteiger partial charge in [-0.1, -0.05) is 85.0 Å². The Morgan fingerprint density at radius 2 is 1.26 bits per heavy atom.